The van der Waals surface area contributed by atoms with E-state index >= 15 is 0 Å². The number of benzene rings is 2. The first kappa shape index (κ1) is 16.1. The van der Waals surface area contributed by atoms with Gasteiger partial charge in [0.1, 0.15) is 11.6 Å². The summed E-state index contributed by atoms with van der Waals surface area (Å²) >= 11 is 3.47. The van der Waals surface area contributed by atoms with E-state index in [1.54, 1.807) is 6.92 Å². The Bertz CT molecular complexity index is 655. The first-order valence-corrected chi connectivity index (χ1v) is 7.69. The first-order chi connectivity index (χ1) is 9.97. The Balaban J connectivity index is 2.65. The van der Waals surface area contributed by atoms with E-state index in [9.17, 15) is 8.78 Å². The zero-order valence-corrected chi connectivity index (χ0v) is 13.9. The summed E-state index contributed by atoms with van der Waals surface area (Å²) < 4.78 is 29.6. The molecule has 0 bridgehead atoms. The molecule has 4 heteroatoms. The zero-order chi connectivity index (χ0) is 15.6. The fraction of sp³-hybridized carbons (Fsp3) is 0.294. The first-order valence-electron chi connectivity index (χ1n) is 6.90. The van der Waals surface area contributed by atoms with Crippen LogP contribution in [-0.4, -0.2) is 6.54 Å². The zero-order valence-electron chi connectivity index (χ0n) is 12.3. The molecule has 0 saturated heterocycles. The van der Waals surface area contributed by atoms with Crippen LogP contribution in [0.25, 0.3) is 0 Å². The second-order valence-corrected chi connectivity index (χ2v) is 5.89. The van der Waals surface area contributed by atoms with E-state index in [0.29, 0.717) is 12.1 Å². The highest BCUT2D eigenvalue weighted by Crippen LogP contribution is 2.32. The van der Waals surface area contributed by atoms with Crippen LogP contribution in [0.4, 0.5) is 8.78 Å². The molecule has 0 aliphatic carbocycles. The molecule has 1 atom stereocenters. The van der Waals surface area contributed by atoms with E-state index in [4.69, 9.17) is 0 Å². The van der Waals surface area contributed by atoms with Crippen molar-refractivity contribution in [2.24, 2.45) is 0 Å². The quantitative estimate of drug-likeness (QED) is 0.811. The maximum Gasteiger partial charge on any atom is 0.134 e. The molecule has 0 heterocycles. The Morgan fingerprint density at radius 3 is 2.52 bits per heavy atom. The molecule has 0 aromatic heterocycles. The van der Waals surface area contributed by atoms with Gasteiger partial charge in [0.15, 0.2) is 0 Å². The van der Waals surface area contributed by atoms with Gasteiger partial charge in [-0.25, -0.2) is 8.78 Å². The molecule has 0 aliphatic rings. The fourth-order valence-electron chi connectivity index (χ4n) is 2.45. The van der Waals surface area contributed by atoms with E-state index < -0.39 is 17.7 Å². The monoisotopic (exact) mass is 353 g/mol. The van der Waals surface area contributed by atoms with E-state index in [0.717, 1.165) is 15.6 Å². The van der Waals surface area contributed by atoms with Crippen LogP contribution in [0, 0.1) is 25.5 Å². The largest absolute Gasteiger partial charge is 0.306 e. The van der Waals surface area contributed by atoms with Crippen LogP contribution >= 0.6 is 15.9 Å². The third-order valence-corrected chi connectivity index (χ3v) is 4.50. The van der Waals surface area contributed by atoms with E-state index in [1.165, 1.54) is 12.1 Å². The molecule has 112 valence electrons. The van der Waals surface area contributed by atoms with Gasteiger partial charge >= 0.3 is 0 Å². The van der Waals surface area contributed by atoms with Crippen molar-refractivity contribution in [3.8, 4) is 0 Å². The van der Waals surface area contributed by atoms with Gasteiger partial charge in [0, 0.05) is 10.0 Å². The van der Waals surface area contributed by atoms with Crippen LogP contribution in [0.15, 0.2) is 34.8 Å². The SMILES string of the molecule is CCNC(c1cccc(Br)c1C)c1c(F)ccc(C)c1F. The van der Waals surface area contributed by atoms with Crippen LogP contribution < -0.4 is 5.32 Å². The van der Waals surface area contributed by atoms with Gasteiger partial charge in [-0.3, -0.25) is 0 Å². The minimum Gasteiger partial charge on any atom is -0.306 e. The summed E-state index contributed by atoms with van der Waals surface area (Å²) in [5, 5.41) is 3.19. The summed E-state index contributed by atoms with van der Waals surface area (Å²) in [6, 6.07) is 7.98. The Hall–Kier alpha value is -1.26. The third kappa shape index (κ3) is 3.16. The van der Waals surface area contributed by atoms with Crippen molar-refractivity contribution in [3.63, 3.8) is 0 Å². The van der Waals surface area contributed by atoms with Gasteiger partial charge in [-0.05, 0) is 49.2 Å². The predicted molar refractivity (Wildman–Crippen MR) is 85.5 cm³/mol. The summed E-state index contributed by atoms with van der Waals surface area (Å²) in [6.45, 7) is 6.12. The van der Waals surface area contributed by atoms with Gasteiger partial charge in [0.2, 0.25) is 0 Å². The molecule has 1 nitrogen and oxygen atoms in total. The van der Waals surface area contributed by atoms with Gasteiger partial charge < -0.3 is 5.32 Å². The maximum absolute atomic E-state index is 14.5. The van der Waals surface area contributed by atoms with Crippen molar-refractivity contribution in [2.45, 2.75) is 26.8 Å². The van der Waals surface area contributed by atoms with Crippen molar-refractivity contribution in [1.29, 1.82) is 0 Å². The van der Waals surface area contributed by atoms with Gasteiger partial charge in [0.05, 0.1) is 6.04 Å². The lowest BCUT2D eigenvalue weighted by molar-refractivity contribution is 0.505. The fourth-order valence-corrected chi connectivity index (χ4v) is 2.83. The van der Waals surface area contributed by atoms with Crippen molar-refractivity contribution in [1.82, 2.24) is 5.32 Å². The van der Waals surface area contributed by atoms with Gasteiger partial charge in [-0.2, -0.15) is 0 Å². The molecule has 0 radical (unpaired) electrons. The Labute approximate surface area is 132 Å². The summed E-state index contributed by atoms with van der Waals surface area (Å²) in [7, 11) is 0. The number of hydrogen-bond acceptors (Lipinski definition) is 1. The summed E-state index contributed by atoms with van der Waals surface area (Å²) in [4.78, 5) is 0. The molecule has 1 N–H and O–H groups in total. The average Bonchev–Trinajstić information content (AvgIpc) is 2.45. The van der Waals surface area contributed by atoms with Gasteiger partial charge in [0.25, 0.3) is 0 Å². The van der Waals surface area contributed by atoms with Crippen LogP contribution in [0.3, 0.4) is 0 Å². The van der Waals surface area contributed by atoms with Crippen LogP contribution in [0.2, 0.25) is 0 Å². The highest BCUT2D eigenvalue weighted by Gasteiger charge is 2.24. The second kappa shape index (κ2) is 6.67. The number of rotatable bonds is 4. The number of nitrogens with one attached hydrogen (secondary N) is 1. The number of aryl methyl sites for hydroxylation is 1. The molecule has 0 aliphatic heterocycles. The van der Waals surface area contributed by atoms with Gasteiger partial charge in [-0.15, -0.1) is 0 Å². The summed E-state index contributed by atoms with van der Waals surface area (Å²) in [5.74, 6) is -1.01. The lowest BCUT2D eigenvalue weighted by atomic mass is 9.93. The minimum absolute atomic E-state index is 0.0815. The van der Waals surface area contributed by atoms with Crippen LogP contribution in [0.1, 0.15) is 35.2 Å². The molecule has 1 unspecified atom stereocenters. The maximum atomic E-state index is 14.5. The smallest absolute Gasteiger partial charge is 0.134 e. The molecule has 0 amide bonds. The highest BCUT2D eigenvalue weighted by atomic mass is 79.9. The normalized spacial score (nSPS) is 12.5. The third-order valence-electron chi connectivity index (χ3n) is 3.64. The van der Waals surface area contributed by atoms with E-state index in [-0.39, 0.29) is 5.56 Å². The second-order valence-electron chi connectivity index (χ2n) is 5.04. The van der Waals surface area contributed by atoms with Crippen molar-refractivity contribution < 1.29 is 8.78 Å². The average molecular weight is 354 g/mol. The standard InChI is InChI=1S/C17H18BrF2N/c1-4-21-17(12-6-5-7-13(18)11(12)3)15-14(19)9-8-10(2)16(15)20/h5-9,17,21H,4H2,1-3H3. The predicted octanol–water partition coefficient (Wildman–Crippen LogP) is 5.04. The molecular formula is C17H18BrF2N. The molecular weight excluding hydrogens is 336 g/mol. The lowest BCUT2D eigenvalue weighted by Crippen LogP contribution is -2.25. The van der Waals surface area contributed by atoms with Crippen molar-refractivity contribution in [3.05, 3.63) is 68.7 Å². The topological polar surface area (TPSA) is 12.0 Å². The highest BCUT2D eigenvalue weighted by molar-refractivity contribution is 9.10. The molecule has 2 aromatic carbocycles. The molecule has 21 heavy (non-hydrogen) atoms. The van der Waals surface area contributed by atoms with Crippen LogP contribution in [-0.2, 0) is 0 Å². The van der Waals surface area contributed by atoms with E-state index in [2.05, 4.69) is 21.2 Å². The minimum atomic E-state index is -0.525. The van der Waals surface area contributed by atoms with Crippen molar-refractivity contribution >= 4 is 15.9 Å². The lowest BCUT2D eigenvalue weighted by Gasteiger charge is -2.23. The Morgan fingerprint density at radius 1 is 1.14 bits per heavy atom. The molecule has 0 saturated carbocycles. The molecule has 0 spiro atoms. The van der Waals surface area contributed by atoms with Crippen LogP contribution in [0.5, 0.6) is 0 Å². The summed E-state index contributed by atoms with van der Waals surface area (Å²) in [6.07, 6.45) is 0. The molecule has 2 rings (SSSR count). The van der Waals surface area contributed by atoms with Crippen molar-refractivity contribution in [2.75, 3.05) is 6.54 Å². The number of halogens is 3. The number of hydrogen-bond donors (Lipinski definition) is 1. The Kier molecular flexibility index (Phi) is 5.12. The molecule has 2 aromatic rings. The Morgan fingerprint density at radius 2 is 1.86 bits per heavy atom. The van der Waals surface area contributed by atoms with Gasteiger partial charge in [-0.1, -0.05) is 41.1 Å². The van der Waals surface area contributed by atoms with E-state index in [1.807, 2.05) is 32.0 Å². The molecule has 0 fully saturated rings. The summed E-state index contributed by atoms with van der Waals surface area (Å²) in [5.41, 5.74) is 2.37.